The van der Waals surface area contributed by atoms with E-state index in [1.165, 1.54) is 18.0 Å². The van der Waals surface area contributed by atoms with Gasteiger partial charge in [0.05, 0.1) is 6.54 Å². The average Bonchev–Trinajstić information content (AvgIpc) is 2.76. The predicted octanol–water partition coefficient (Wildman–Crippen LogP) is -0.907. The SMILES string of the molecule is COC(Cn1c(N)nc(N)c2ncnc1-2)P(=O)(O)O. The molecule has 0 fully saturated rings. The summed E-state index contributed by atoms with van der Waals surface area (Å²) in [5, 5.41) is 0. The van der Waals surface area contributed by atoms with Crippen LogP contribution in [0.5, 0.6) is 0 Å². The first kappa shape index (κ1) is 13.7. The molecule has 6 N–H and O–H groups in total. The van der Waals surface area contributed by atoms with E-state index in [1.54, 1.807) is 0 Å². The highest BCUT2D eigenvalue weighted by atomic mass is 31.2. The number of methoxy groups -OCH3 is 1. The minimum atomic E-state index is -4.44. The Morgan fingerprint density at radius 3 is 2.74 bits per heavy atom. The maximum atomic E-state index is 11.3. The quantitative estimate of drug-likeness (QED) is 0.521. The highest BCUT2D eigenvalue weighted by molar-refractivity contribution is 7.52. The summed E-state index contributed by atoms with van der Waals surface area (Å²) in [7, 11) is -3.24. The summed E-state index contributed by atoms with van der Waals surface area (Å²) >= 11 is 0. The third-order valence-corrected chi connectivity index (χ3v) is 3.70. The van der Waals surface area contributed by atoms with Gasteiger partial charge in [-0.25, -0.2) is 9.97 Å². The van der Waals surface area contributed by atoms with Crippen molar-refractivity contribution in [3.63, 3.8) is 0 Å². The van der Waals surface area contributed by atoms with E-state index < -0.39 is 13.4 Å². The fraction of sp³-hybridized carbons (Fsp3) is 0.375. The largest absolute Gasteiger partial charge is 0.382 e. The van der Waals surface area contributed by atoms with E-state index in [2.05, 4.69) is 15.0 Å². The second-order valence-electron chi connectivity index (χ2n) is 3.79. The standard InChI is InChI=1S/C8H13N6O4P/c1-18-4(19(15,16)17)2-14-7-5(11-3-12-7)6(9)13-8(14)10/h3-4H,2,9H2,1H3,(H2,10,13)(H2,15,16,17). The number of hydrogen-bond donors (Lipinski definition) is 4. The Labute approximate surface area is 107 Å². The fourth-order valence-corrected chi connectivity index (χ4v) is 2.29. The minimum absolute atomic E-state index is 0.0269. The van der Waals surface area contributed by atoms with Crippen LogP contribution >= 0.6 is 7.60 Å². The van der Waals surface area contributed by atoms with Crippen LogP contribution in [0.4, 0.5) is 11.8 Å². The molecule has 10 nitrogen and oxygen atoms in total. The maximum Gasteiger partial charge on any atom is 0.355 e. The fourth-order valence-electron chi connectivity index (χ4n) is 1.64. The maximum absolute atomic E-state index is 11.3. The van der Waals surface area contributed by atoms with Gasteiger partial charge < -0.3 is 26.0 Å². The molecule has 2 rings (SSSR count). The van der Waals surface area contributed by atoms with Gasteiger partial charge in [0.2, 0.25) is 5.95 Å². The molecule has 104 valence electrons. The molecular formula is C8H13N6O4P. The first-order chi connectivity index (χ1) is 8.84. The van der Waals surface area contributed by atoms with E-state index in [0.29, 0.717) is 11.5 Å². The molecule has 0 aliphatic carbocycles. The van der Waals surface area contributed by atoms with E-state index in [-0.39, 0.29) is 18.3 Å². The van der Waals surface area contributed by atoms with Crippen LogP contribution in [0.25, 0.3) is 11.5 Å². The van der Waals surface area contributed by atoms with Gasteiger partial charge in [0.1, 0.15) is 12.0 Å². The van der Waals surface area contributed by atoms with Crippen LogP contribution in [0.3, 0.4) is 0 Å². The summed E-state index contributed by atoms with van der Waals surface area (Å²) in [5.41, 5.74) is 11.6. The molecule has 0 amide bonds. The number of hydrogen-bond acceptors (Lipinski definition) is 7. The van der Waals surface area contributed by atoms with E-state index in [0.717, 1.165) is 0 Å². The lowest BCUT2D eigenvalue weighted by Crippen LogP contribution is -2.23. The van der Waals surface area contributed by atoms with Gasteiger partial charge in [-0.05, 0) is 0 Å². The number of rotatable bonds is 4. The summed E-state index contributed by atoms with van der Waals surface area (Å²) in [5.74, 6) is -0.988. The normalized spacial score (nSPS) is 13.8. The Bertz CT molecular complexity index is 610. The molecule has 0 aromatic carbocycles. The molecule has 0 spiro atoms. The van der Waals surface area contributed by atoms with Crippen LogP contribution in [0.15, 0.2) is 6.33 Å². The van der Waals surface area contributed by atoms with E-state index in [9.17, 15) is 4.57 Å². The lowest BCUT2D eigenvalue weighted by molar-refractivity contribution is 0.123. The Hall–Kier alpha value is -1.74. The van der Waals surface area contributed by atoms with E-state index in [4.69, 9.17) is 26.0 Å². The smallest absolute Gasteiger partial charge is 0.355 e. The van der Waals surface area contributed by atoms with Gasteiger partial charge in [0.15, 0.2) is 17.5 Å². The average molecular weight is 288 g/mol. The lowest BCUT2D eigenvalue weighted by Gasteiger charge is -2.21. The number of imidazole rings is 1. The van der Waals surface area contributed by atoms with Gasteiger partial charge in [-0.1, -0.05) is 0 Å². The molecule has 0 aromatic rings. The Balaban J connectivity index is 2.46. The van der Waals surface area contributed by atoms with Crippen LogP contribution in [0.2, 0.25) is 0 Å². The zero-order valence-corrected chi connectivity index (χ0v) is 10.9. The molecule has 1 atom stereocenters. The first-order valence-corrected chi connectivity index (χ1v) is 6.83. The number of fused-ring (bicyclic) bond motifs is 1. The van der Waals surface area contributed by atoms with Crippen molar-refractivity contribution in [2.75, 3.05) is 18.6 Å². The van der Waals surface area contributed by atoms with Gasteiger partial charge in [-0.3, -0.25) is 9.13 Å². The Kier molecular flexibility index (Phi) is 3.42. The molecule has 0 radical (unpaired) electrons. The summed E-state index contributed by atoms with van der Waals surface area (Å²) in [6.07, 6.45) is 1.26. The molecule has 1 unspecified atom stereocenters. The van der Waals surface area contributed by atoms with Gasteiger partial charge >= 0.3 is 7.60 Å². The summed E-state index contributed by atoms with van der Waals surface area (Å²) < 4.78 is 17.3. The van der Waals surface area contributed by atoms with Crippen molar-refractivity contribution in [2.24, 2.45) is 0 Å². The summed E-state index contributed by atoms with van der Waals surface area (Å²) in [6, 6.07) is 0. The molecule has 0 saturated heterocycles. The zero-order chi connectivity index (χ0) is 14.2. The van der Waals surface area contributed by atoms with Crippen molar-refractivity contribution in [2.45, 2.75) is 12.4 Å². The van der Waals surface area contributed by atoms with Crippen LogP contribution in [-0.2, 0) is 15.8 Å². The van der Waals surface area contributed by atoms with Crippen LogP contribution in [0.1, 0.15) is 0 Å². The van der Waals surface area contributed by atoms with Crippen molar-refractivity contribution in [3.05, 3.63) is 6.33 Å². The van der Waals surface area contributed by atoms with Crippen LogP contribution in [-0.4, -0.2) is 42.3 Å². The van der Waals surface area contributed by atoms with Gasteiger partial charge in [0, 0.05) is 7.11 Å². The van der Waals surface area contributed by atoms with Gasteiger partial charge in [-0.2, -0.15) is 4.98 Å². The second-order valence-corrected chi connectivity index (χ2v) is 5.55. The number of aromatic nitrogens is 4. The van der Waals surface area contributed by atoms with Crippen molar-refractivity contribution in [1.29, 1.82) is 0 Å². The number of ether oxygens (including phenoxy) is 1. The number of nitrogen functional groups attached to an aromatic ring is 2. The summed E-state index contributed by atoms with van der Waals surface area (Å²) in [4.78, 5) is 30.0. The van der Waals surface area contributed by atoms with E-state index in [1.807, 2.05) is 0 Å². The number of nitrogens with two attached hydrogens (primary N) is 2. The number of nitrogens with zero attached hydrogens (tertiary/aromatic N) is 4. The molecule has 0 bridgehead atoms. The molecule has 11 heteroatoms. The Morgan fingerprint density at radius 1 is 1.47 bits per heavy atom. The summed E-state index contributed by atoms with van der Waals surface area (Å²) in [6.45, 7) is -0.213. The monoisotopic (exact) mass is 288 g/mol. The highest BCUT2D eigenvalue weighted by Crippen LogP contribution is 2.43. The first-order valence-electron chi connectivity index (χ1n) is 5.14. The minimum Gasteiger partial charge on any atom is -0.382 e. The van der Waals surface area contributed by atoms with Crippen molar-refractivity contribution in [1.82, 2.24) is 19.5 Å². The molecular weight excluding hydrogens is 275 g/mol. The Morgan fingerprint density at radius 2 is 2.16 bits per heavy atom. The van der Waals surface area contributed by atoms with Crippen molar-refractivity contribution < 1.29 is 19.1 Å². The predicted molar refractivity (Wildman–Crippen MR) is 66.1 cm³/mol. The topological polar surface area (TPSA) is 162 Å². The molecule has 2 aliphatic rings. The molecule has 19 heavy (non-hydrogen) atoms. The third kappa shape index (κ3) is 2.51. The van der Waals surface area contributed by atoms with Gasteiger partial charge in [0.25, 0.3) is 0 Å². The van der Waals surface area contributed by atoms with Crippen LogP contribution in [0, 0.1) is 0 Å². The highest BCUT2D eigenvalue weighted by Gasteiger charge is 2.31. The van der Waals surface area contributed by atoms with Gasteiger partial charge in [-0.15, -0.1) is 0 Å². The molecule has 2 aliphatic heterocycles. The van der Waals surface area contributed by atoms with E-state index >= 15 is 0 Å². The zero-order valence-electron chi connectivity index (χ0n) is 9.96. The van der Waals surface area contributed by atoms with Crippen LogP contribution < -0.4 is 11.5 Å². The lowest BCUT2D eigenvalue weighted by atomic mass is 10.3. The van der Waals surface area contributed by atoms with Crippen molar-refractivity contribution in [3.8, 4) is 11.5 Å². The third-order valence-electron chi connectivity index (χ3n) is 2.57. The molecule has 0 aromatic heterocycles. The second kappa shape index (κ2) is 4.74. The molecule has 2 heterocycles. The van der Waals surface area contributed by atoms with Crippen molar-refractivity contribution >= 4 is 19.4 Å². The number of anilines is 2. The molecule has 0 saturated carbocycles.